The number of piperidine rings is 1. The molecule has 0 saturated carbocycles. The smallest absolute Gasteiger partial charge is 0.410 e. The van der Waals surface area contributed by atoms with Crippen molar-refractivity contribution in [3.05, 3.63) is 81.9 Å². The standard InChI is InChI=1S/C24H25NO3/c1-4-28-24(27)25-15-21(13-19-9-5-17(2)6-10-19)23(26)22(16-25)14-20-11-7-18(3)8-12-20/h5-14H,4,15-16H2,1-3H3. The van der Waals surface area contributed by atoms with Crippen LogP contribution in [0.4, 0.5) is 4.79 Å². The third kappa shape index (κ3) is 4.77. The number of hydrogen-bond donors (Lipinski definition) is 0. The highest BCUT2D eigenvalue weighted by molar-refractivity contribution is 6.15. The van der Waals surface area contributed by atoms with Gasteiger partial charge in [0, 0.05) is 11.1 Å². The Labute approximate surface area is 166 Å². The highest BCUT2D eigenvalue weighted by atomic mass is 16.6. The maximum Gasteiger partial charge on any atom is 0.410 e. The molecule has 0 atom stereocenters. The first-order valence-corrected chi connectivity index (χ1v) is 9.47. The lowest BCUT2D eigenvalue weighted by Crippen LogP contribution is -2.41. The Bertz CT molecular complexity index is 854. The molecule has 1 aliphatic heterocycles. The van der Waals surface area contributed by atoms with E-state index in [-0.39, 0.29) is 18.9 Å². The second kappa shape index (κ2) is 8.70. The van der Waals surface area contributed by atoms with Gasteiger partial charge in [0.25, 0.3) is 0 Å². The molecule has 0 unspecified atom stereocenters. The Morgan fingerprint density at radius 1 is 0.893 bits per heavy atom. The van der Waals surface area contributed by atoms with E-state index in [1.54, 1.807) is 11.8 Å². The average molecular weight is 375 g/mol. The molecule has 0 aliphatic carbocycles. The van der Waals surface area contributed by atoms with Gasteiger partial charge in [-0.3, -0.25) is 9.69 Å². The van der Waals surface area contributed by atoms with Crippen LogP contribution in [0.1, 0.15) is 29.2 Å². The van der Waals surface area contributed by atoms with Crippen molar-refractivity contribution in [2.24, 2.45) is 0 Å². The summed E-state index contributed by atoms with van der Waals surface area (Å²) in [6, 6.07) is 15.9. The molecule has 0 bridgehead atoms. The summed E-state index contributed by atoms with van der Waals surface area (Å²) in [7, 11) is 0. The van der Waals surface area contributed by atoms with E-state index in [2.05, 4.69) is 0 Å². The molecule has 0 spiro atoms. The molecule has 144 valence electrons. The number of carbonyl (C=O) groups is 2. The number of aryl methyl sites for hydroxylation is 2. The summed E-state index contributed by atoms with van der Waals surface area (Å²) < 4.78 is 5.17. The van der Waals surface area contributed by atoms with Crippen LogP contribution >= 0.6 is 0 Å². The van der Waals surface area contributed by atoms with Crippen molar-refractivity contribution in [3.8, 4) is 0 Å². The molecule has 1 heterocycles. The van der Waals surface area contributed by atoms with Crippen LogP contribution in [0.2, 0.25) is 0 Å². The molecule has 1 amide bonds. The number of rotatable bonds is 3. The Kier molecular flexibility index (Phi) is 6.09. The van der Waals surface area contributed by atoms with Gasteiger partial charge in [0.15, 0.2) is 5.78 Å². The molecule has 1 saturated heterocycles. The van der Waals surface area contributed by atoms with Gasteiger partial charge in [-0.05, 0) is 44.1 Å². The molecule has 4 heteroatoms. The first-order valence-electron chi connectivity index (χ1n) is 9.47. The topological polar surface area (TPSA) is 46.6 Å². The zero-order valence-electron chi connectivity index (χ0n) is 16.6. The van der Waals surface area contributed by atoms with Crippen LogP contribution in [0, 0.1) is 13.8 Å². The second-order valence-corrected chi connectivity index (χ2v) is 7.04. The number of ketones is 1. The maximum absolute atomic E-state index is 13.1. The molecule has 0 N–H and O–H groups in total. The largest absolute Gasteiger partial charge is 0.450 e. The van der Waals surface area contributed by atoms with Crippen LogP contribution in [0.3, 0.4) is 0 Å². The van der Waals surface area contributed by atoms with Crippen molar-refractivity contribution >= 4 is 24.0 Å². The lowest BCUT2D eigenvalue weighted by Gasteiger charge is -2.29. The van der Waals surface area contributed by atoms with Gasteiger partial charge in [-0.25, -0.2) is 4.79 Å². The molecular weight excluding hydrogens is 350 g/mol. The maximum atomic E-state index is 13.1. The van der Waals surface area contributed by atoms with E-state index in [0.717, 1.165) is 22.3 Å². The molecule has 1 aliphatic rings. The summed E-state index contributed by atoms with van der Waals surface area (Å²) in [5.74, 6) is -0.0262. The minimum Gasteiger partial charge on any atom is -0.450 e. The van der Waals surface area contributed by atoms with Crippen molar-refractivity contribution < 1.29 is 14.3 Å². The van der Waals surface area contributed by atoms with Crippen LogP contribution in [0.25, 0.3) is 12.2 Å². The van der Waals surface area contributed by atoms with E-state index in [4.69, 9.17) is 4.74 Å². The van der Waals surface area contributed by atoms with Gasteiger partial charge in [-0.15, -0.1) is 0 Å². The quantitative estimate of drug-likeness (QED) is 0.723. The molecular formula is C24H25NO3. The Morgan fingerprint density at radius 2 is 1.32 bits per heavy atom. The second-order valence-electron chi connectivity index (χ2n) is 7.04. The molecule has 3 rings (SSSR count). The summed E-state index contributed by atoms with van der Waals surface area (Å²) >= 11 is 0. The Morgan fingerprint density at radius 3 is 1.71 bits per heavy atom. The zero-order chi connectivity index (χ0) is 20.1. The van der Waals surface area contributed by atoms with Gasteiger partial charge < -0.3 is 4.74 Å². The molecule has 0 radical (unpaired) electrons. The monoisotopic (exact) mass is 375 g/mol. The van der Waals surface area contributed by atoms with E-state index in [1.165, 1.54) is 0 Å². The minimum atomic E-state index is -0.403. The number of hydrogen-bond acceptors (Lipinski definition) is 3. The fourth-order valence-corrected chi connectivity index (χ4v) is 3.11. The van der Waals surface area contributed by atoms with E-state index in [0.29, 0.717) is 17.8 Å². The van der Waals surface area contributed by atoms with Crippen molar-refractivity contribution in [1.29, 1.82) is 0 Å². The first-order chi connectivity index (χ1) is 13.5. The Balaban J connectivity index is 1.96. The highest BCUT2D eigenvalue weighted by Gasteiger charge is 2.29. The van der Waals surface area contributed by atoms with E-state index in [1.807, 2.05) is 74.5 Å². The van der Waals surface area contributed by atoms with Crippen molar-refractivity contribution in [2.75, 3.05) is 19.7 Å². The minimum absolute atomic E-state index is 0.0262. The van der Waals surface area contributed by atoms with Crippen LogP contribution in [0.15, 0.2) is 59.7 Å². The number of amides is 1. The van der Waals surface area contributed by atoms with Gasteiger partial charge in [0.05, 0.1) is 19.7 Å². The average Bonchev–Trinajstić information content (AvgIpc) is 2.68. The summed E-state index contributed by atoms with van der Waals surface area (Å²) in [4.78, 5) is 27.0. The van der Waals surface area contributed by atoms with Gasteiger partial charge in [0.1, 0.15) is 0 Å². The zero-order valence-corrected chi connectivity index (χ0v) is 16.6. The number of Topliss-reactive ketones (excluding diaryl/α,β-unsaturated/α-hetero) is 1. The molecule has 4 nitrogen and oxygen atoms in total. The summed E-state index contributed by atoms with van der Waals surface area (Å²) in [6.07, 6.45) is 3.31. The third-order valence-corrected chi connectivity index (χ3v) is 4.67. The van der Waals surface area contributed by atoms with Gasteiger partial charge in [-0.2, -0.15) is 0 Å². The fourth-order valence-electron chi connectivity index (χ4n) is 3.11. The van der Waals surface area contributed by atoms with Gasteiger partial charge in [0.2, 0.25) is 0 Å². The summed E-state index contributed by atoms with van der Waals surface area (Å²) in [5.41, 5.74) is 5.36. The predicted octanol–water partition coefficient (Wildman–Crippen LogP) is 4.81. The van der Waals surface area contributed by atoms with Crippen LogP contribution in [0.5, 0.6) is 0 Å². The number of nitrogens with zero attached hydrogens (tertiary/aromatic N) is 1. The summed E-state index contributed by atoms with van der Waals surface area (Å²) in [6.45, 7) is 6.62. The third-order valence-electron chi connectivity index (χ3n) is 4.67. The number of ether oxygens (including phenoxy) is 1. The normalized spacial score (nSPS) is 17.2. The predicted molar refractivity (Wildman–Crippen MR) is 112 cm³/mol. The number of benzene rings is 2. The fraction of sp³-hybridized carbons (Fsp3) is 0.250. The molecule has 0 aromatic heterocycles. The molecule has 2 aromatic carbocycles. The van der Waals surface area contributed by atoms with Crippen LogP contribution < -0.4 is 0 Å². The van der Waals surface area contributed by atoms with Crippen molar-refractivity contribution in [1.82, 2.24) is 4.90 Å². The number of carbonyl (C=O) groups excluding carboxylic acids is 2. The SMILES string of the molecule is CCOC(=O)N1CC(=Cc2ccc(C)cc2)C(=O)C(=Cc2ccc(C)cc2)C1. The number of likely N-dealkylation sites (tertiary alicyclic amines) is 1. The first kappa shape index (κ1) is 19.6. The van der Waals surface area contributed by atoms with E-state index < -0.39 is 6.09 Å². The molecule has 28 heavy (non-hydrogen) atoms. The van der Waals surface area contributed by atoms with Gasteiger partial charge in [-0.1, -0.05) is 59.7 Å². The molecule has 1 fully saturated rings. The molecule has 2 aromatic rings. The van der Waals surface area contributed by atoms with E-state index >= 15 is 0 Å². The van der Waals surface area contributed by atoms with Crippen molar-refractivity contribution in [3.63, 3.8) is 0 Å². The van der Waals surface area contributed by atoms with Crippen molar-refractivity contribution in [2.45, 2.75) is 20.8 Å². The Hall–Kier alpha value is -3.14. The van der Waals surface area contributed by atoms with Gasteiger partial charge >= 0.3 is 6.09 Å². The van der Waals surface area contributed by atoms with Crippen LogP contribution in [-0.4, -0.2) is 36.5 Å². The van der Waals surface area contributed by atoms with E-state index in [9.17, 15) is 9.59 Å². The highest BCUT2D eigenvalue weighted by Crippen LogP contribution is 2.23. The lowest BCUT2D eigenvalue weighted by molar-refractivity contribution is -0.113. The summed E-state index contributed by atoms with van der Waals surface area (Å²) in [5, 5.41) is 0. The lowest BCUT2D eigenvalue weighted by atomic mass is 9.94. The van der Waals surface area contributed by atoms with Crippen LogP contribution in [-0.2, 0) is 9.53 Å².